The number of esters is 1. The molecule has 0 saturated heterocycles. The van der Waals surface area contributed by atoms with Crippen molar-refractivity contribution in [2.45, 2.75) is 0 Å². The lowest BCUT2D eigenvalue weighted by Gasteiger charge is -2.22. The van der Waals surface area contributed by atoms with E-state index < -0.39 is 0 Å². The second-order valence-electron chi connectivity index (χ2n) is 5.40. The van der Waals surface area contributed by atoms with Crippen molar-refractivity contribution < 1.29 is 9.53 Å². The second kappa shape index (κ2) is 7.73. The van der Waals surface area contributed by atoms with Gasteiger partial charge in [0.25, 0.3) is 0 Å². The summed E-state index contributed by atoms with van der Waals surface area (Å²) in [5, 5.41) is 0. The maximum atomic E-state index is 11.9. The standard InChI is InChI=1S/C19H17Cl2NO2/c20-9-11-22(12-10-21)15-7-5-14(6-8-15)13-18-16-3-1-2-4-17(16)19(23)24-18/h1-8,13H,9-12H2. The van der Waals surface area contributed by atoms with Crippen LogP contribution in [-0.2, 0) is 4.74 Å². The second-order valence-corrected chi connectivity index (χ2v) is 6.16. The molecule has 2 aromatic rings. The normalized spacial score (nSPS) is 14.6. The lowest BCUT2D eigenvalue weighted by atomic mass is 10.1. The molecule has 3 nitrogen and oxygen atoms in total. The van der Waals surface area contributed by atoms with Gasteiger partial charge in [0.15, 0.2) is 0 Å². The van der Waals surface area contributed by atoms with Crippen LogP contribution < -0.4 is 4.90 Å². The fraction of sp³-hybridized carbons (Fsp3) is 0.211. The van der Waals surface area contributed by atoms with E-state index in [1.54, 1.807) is 6.07 Å². The highest BCUT2D eigenvalue weighted by atomic mass is 35.5. The minimum Gasteiger partial charge on any atom is -0.422 e. The summed E-state index contributed by atoms with van der Waals surface area (Å²) in [6.07, 6.45) is 1.88. The zero-order chi connectivity index (χ0) is 16.9. The number of carbonyl (C=O) groups excluding carboxylic acids is 1. The van der Waals surface area contributed by atoms with E-state index in [0.29, 0.717) is 23.1 Å². The summed E-state index contributed by atoms with van der Waals surface area (Å²) < 4.78 is 5.37. The van der Waals surface area contributed by atoms with Crippen LogP contribution in [0.4, 0.5) is 5.69 Å². The number of hydrogen-bond acceptors (Lipinski definition) is 3. The Morgan fingerprint density at radius 2 is 1.54 bits per heavy atom. The van der Waals surface area contributed by atoms with Gasteiger partial charge in [-0.05, 0) is 29.8 Å². The third kappa shape index (κ3) is 3.58. The first-order valence-corrected chi connectivity index (χ1v) is 8.80. The van der Waals surface area contributed by atoms with Crippen LogP contribution in [-0.4, -0.2) is 30.8 Å². The summed E-state index contributed by atoms with van der Waals surface area (Å²) in [5.74, 6) is 1.38. The van der Waals surface area contributed by atoms with Crippen molar-refractivity contribution in [2.75, 3.05) is 29.7 Å². The van der Waals surface area contributed by atoms with E-state index in [0.717, 1.165) is 29.9 Å². The summed E-state index contributed by atoms with van der Waals surface area (Å²) in [4.78, 5) is 14.0. The minimum absolute atomic E-state index is 0.302. The maximum absolute atomic E-state index is 11.9. The third-order valence-electron chi connectivity index (χ3n) is 3.88. The molecule has 0 aliphatic carbocycles. The zero-order valence-electron chi connectivity index (χ0n) is 13.0. The number of fused-ring (bicyclic) bond motifs is 1. The zero-order valence-corrected chi connectivity index (χ0v) is 14.6. The van der Waals surface area contributed by atoms with Crippen LogP contribution in [0, 0.1) is 0 Å². The Morgan fingerprint density at radius 3 is 2.17 bits per heavy atom. The molecule has 0 aromatic heterocycles. The van der Waals surface area contributed by atoms with Gasteiger partial charge in [0, 0.05) is 36.1 Å². The highest BCUT2D eigenvalue weighted by Crippen LogP contribution is 2.31. The van der Waals surface area contributed by atoms with Gasteiger partial charge in [-0.1, -0.05) is 30.3 Å². The molecule has 3 rings (SSSR count). The quantitative estimate of drug-likeness (QED) is 0.554. The predicted molar refractivity (Wildman–Crippen MR) is 99.8 cm³/mol. The van der Waals surface area contributed by atoms with Crippen LogP contribution in [0.1, 0.15) is 21.5 Å². The Hall–Kier alpha value is -1.97. The Bertz CT molecular complexity index is 750. The highest BCUT2D eigenvalue weighted by molar-refractivity contribution is 6.18. The minimum atomic E-state index is -0.302. The van der Waals surface area contributed by atoms with E-state index >= 15 is 0 Å². The largest absolute Gasteiger partial charge is 0.422 e. The van der Waals surface area contributed by atoms with Crippen LogP contribution in [0.2, 0.25) is 0 Å². The Labute approximate surface area is 151 Å². The highest BCUT2D eigenvalue weighted by Gasteiger charge is 2.25. The number of hydrogen-bond donors (Lipinski definition) is 0. The van der Waals surface area contributed by atoms with Gasteiger partial charge >= 0.3 is 5.97 Å². The van der Waals surface area contributed by atoms with Gasteiger partial charge in [-0.3, -0.25) is 0 Å². The fourth-order valence-electron chi connectivity index (χ4n) is 2.70. The molecule has 24 heavy (non-hydrogen) atoms. The van der Waals surface area contributed by atoms with Crippen molar-refractivity contribution in [3.63, 3.8) is 0 Å². The Balaban J connectivity index is 1.83. The van der Waals surface area contributed by atoms with E-state index in [2.05, 4.69) is 4.90 Å². The first kappa shape index (κ1) is 16.9. The molecule has 0 fully saturated rings. The molecule has 0 spiro atoms. The Kier molecular flexibility index (Phi) is 5.44. The van der Waals surface area contributed by atoms with E-state index in [4.69, 9.17) is 27.9 Å². The molecule has 124 valence electrons. The van der Waals surface area contributed by atoms with E-state index in [-0.39, 0.29) is 5.97 Å². The van der Waals surface area contributed by atoms with Gasteiger partial charge in [-0.15, -0.1) is 23.2 Å². The molecular weight excluding hydrogens is 345 g/mol. The smallest absolute Gasteiger partial charge is 0.344 e. The first-order valence-electron chi connectivity index (χ1n) is 7.73. The molecule has 0 atom stereocenters. The van der Waals surface area contributed by atoms with Gasteiger partial charge in [-0.2, -0.15) is 0 Å². The van der Waals surface area contributed by atoms with Crippen LogP contribution in [0.25, 0.3) is 11.8 Å². The Morgan fingerprint density at radius 1 is 0.917 bits per heavy atom. The lowest BCUT2D eigenvalue weighted by Crippen LogP contribution is -2.27. The number of anilines is 1. The van der Waals surface area contributed by atoms with Crippen molar-refractivity contribution in [3.8, 4) is 0 Å². The number of alkyl halides is 2. The number of rotatable bonds is 6. The molecule has 0 amide bonds. The molecule has 0 unspecified atom stereocenters. The summed E-state index contributed by atoms with van der Waals surface area (Å²) in [7, 11) is 0. The van der Waals surface area contributed by atoms with Crippen LogP contribution in [0.3, 0.4) is 0 Å². The summed E-state index contributed by atoms with van der Waals surface area (Å²) in [6, 6.07) is 15.4. The number of ether oxygens (including phenoxy) is 1. The maximum Gasteiger partial charge on any atom is 0.344 e. The molecule has 2 aromatic carbocycles. The van der Waals surface area contributed by atoms with E-state index in [9.17, 15) is 4.79 Å². The first-order chi connectivity index (χ1) is 11.7. The average molecular weight is 362 g/mol. The molecule has 0 N–H and O–H groups in total. The SMILES string of the molecule is O=C1OC(=Cc2ccc(N(CCCl)CCCl)cc2)c2ccccc21. The van der Waals surface area contributed by atoms with Crippen molar-refractivity contribution >= 4 is 46.7 Å². The van der Waals surface area contributed by atoms with E-state index in [1.165, 1.54) is 0 Å². The molecule has 0 bridgehead atoms. The van der Waals surface area contributed by atoms with Gasteiger partial charge < -0.3 is 9.64 Å². The number of benzene rings is 2. The van der Waals surface area contributed by atoms with Crippen molar-refractivity contribution in [1.82, 2.24) is 0 Å². The van der Waals surface area contributed by atoms with E-state index in [1.807, 2.05) is 48.5 Å². The summed E-state index contributed by atoms with van der Waals surface area (Å²) in [6.45, 7) is 1.50. The molecular formula is C19H17Cl2NO2. The fourth-order valence-corrected chi connectivity index (χ4v) is 3.11. The van der Waals surface area contributed by atoms with Crippen LogP contribution >= 0.6 is 23.2 Å². The topological polar surface area (TPSA) is 29.5 Å². The van der Waals surface area contributed by atoms with Gasteiger partial charge in [0.05, 0.1) is 5.56 Å². The monoisotopic (exact) mass is 361 g/mol. The summed E-state index contributed by atoms with van der Waals surface area (Å²) >= 11 is 11.7. The van der Waals surface area contributed by atoms with Gasteiger partial charge in [-0.25, -0.2) is 4.79 Å². The molecule has 0 radical (unpaired) electrons. The number of carbonyl (C=O) groups is 1. The van der Waals surface area contributed by atoms with Crippen LogP contribution in [0.15, 0.2) is 48.5 Å². The molecule has 5 heteroatoms. The molecule has 1 aliphatic heterocycles. The number of halogens is 2. The number of cyclic esters (lactones) is 1. The predicted octanol–water partition coefficient (Wildman–Crippen LogP) is 4.64. The molecule has 0 saturated carbocycles. The molecule has 1 aliphatic rings. The van der Waals surface area contributed by atoms with Crippen molar-refractivity contribution in [3.05, 3.63) is 65.2 Å². The lowest BCUT2D eigenvalue weighted by molar-refractivity contribution is 0.0717. The average Bonchev–Trinajstić information content (AvgIpc) is 2.92. The van der Waals surface area contributed by atoms with Crippen molar-refractivity contribution in [1.29, 1.82) is 0 Å². The molecule has 1 heterocycles. The summed E-state index contributed by atoms with van der Waals surface area (Å²) in [5.41, 5.74) is 3.48. The van der Waals surface area contributed by atoms with Crippen molar-refractivity contribution in [2.24, 2.45) is 0 Å². The van der Waals surface area contributed by atoms with Gasteiger partial charge in [0.2, 0.25) is 0 Å². The number of nitrogens with zero attached hydrogens (tertiary/aromatic N) is 1. The van der Waals surface area contributed by atoms with Crippen LogP contribution in [0.5, 0.6) is 0 Å². The van der Waals surface area contributed by atoms with Gasteiger partial charge in [0.1, 0.15) is 5.76 Å². The third-order valence-corrected chi connectivity index (χ3v) is 4.22.